The van der Waals surface area contributed by atoms with Crippen molar-refractivity contribution in [2.75, 3.05) is 59.4 Å². The predicted molar refractivity (Wildman–Crippen MR) is 111 cm³/mol. The van der Waals surface area contributed by atoms with Crippen LogP contribution in [0.25, 0.3) is 0 Å². The van der Waals surface area contributed by atoms with Gasteiger partial charge in [-0.15, -0.1) is 0 Å². The summed E-state index contributed by atoms with van der Waals surface area (Å²) in [6, 6.07) is 0. The summed E-state index contributed by atoms with van der Waals surface area (Å²) in [5, 5.41) is 0. The first kappa shape index (κ1) is 19.2. The molecule has 2 saturated heterocycles. The van der Waals surface area contributed by atoms with Gasteiger partial charge in [-0.2, -0.15) is 0 Å². The molecule has 4 fully saturated rings. The lowest BCUT2D eigenvalue weighted by Crippen LogP contribution is -2.47. The van der Waals surface area contributed by atoms with Crippen LogP contribution in [-0.2, 0) is 0 Å². The van der Waals surface area contributed by atoms with Gasteiger partial charge in [0.1, 0.15) is 0 Å². The van der Waals surface area contributed by atoms with Gasteiger partial charge in [-0.1, -0.05) is 13.3 Å². The van der Waals surface area contributed by atoms with Gasteiger partial charge in [-0.25, -0.2) is 0 Å². The molecule has 0 atom stereocenters. The van der Waals surface area contributed by atoms with Crippen molar-refractivity contribution in [2.45, 2.75) is 71.1 Å². The molecule has 0 aromatic carbocycles. The maximum atomic E-state index is 2.84. The average Bonchev–Trinajstić information content (AvgIpc) is 3.41. The summed E-state index contributed by atoms with van der Waals surface area (Å²) >= 11 is 0. The van der Waals surface area contributed by atoms with Gasteiger partial charge >= 0.3 is 0 Å². The van der Waals surface area contributed by atoms with Crippen molar-refractivity contribution >= 4 is 0 Å². The number of hydrogen-bond acceptors (Lipinski definition) is 3. The van der Waals surface area contributed by atoms with E-state index < -0.39 is 0 Å². The van der Waals surface area contributed by atoms with Crippen molar-refractivity contribution in [3.63, 3.8) is 0 Å². The number of piperazine rings is 1. The molecular formula is C23H43N3. The molecule has 3 nitrogen and oxygen atoms in total. The summed E-state index contributed by atoms with van der Waals surface area (Å²) in [7, 11) is 2.27. The van der Waals surface area contributed by atoms with E-state index in [1.165, 1.54) is 117 Å². The van der Waals surface area contributed by atoms with E-state index in [1.54, 1.807) is 0 Å². The molecule has 0 aromatic heterocycles. The molecule has 26 heavy (non-hydrogen) atoms. The Hall–Kier alpha value is -0.120. The fraction of sp³-hybridized carbons (Fsp3) is 1.00. The van der Waals surface area contributed by atoms with Crippen LogP contribution in [-0.4, -0.2) is 74.1 Å². The highest BCUT2D eigenvalue weighted by atomic mass is 15.2. The van der Waals surface area contributed by atoms with E-state index in [2.05, 4.69) is 28.7 Å². The summed E-state index contributed by atoms with van der Waals surface area (Å²) in [5.41, 5.74) is 1.48. The van der Waals surface area contributed by atoms with Crippen LogP contribution < -0.4 is 0 Å². The fourth-order valence-electron chi connectivity index (χ4n) is 6.22. The zero-order valence-corrected chi connectivity index (χ0v) is 17.6. The van der Waals surface area contributed by atoms with Crippen LogP contribution in [0.1, 0.15) is 71.1 Å². The van der Waals surface area contributed by atoms with Gasteiger partial charge in [-0.05, 0) is 94.7 Å². The molecule has 2 aliphatic carbocycles. The second-order valence-corrected chi connectivity index (χ2v) is 10.6. The molecule has 0 N–H and O–H groups in total. The molecule has 2 heterocycles. The Labute approximate surface area is 162 Å². The largest absolute Gasteiger partial charge is 0.304 e. The fourth-order valence-corrected chi connectivity index (χ4v) is 6.22. The smallest absolute Gasteiger partial charge is 0.0110 e. The third-order valence-electron chi connectivity index (χ3n) is 8.49. The third-order valence-corrected chi connectivity index (χ3v) is 8.49. The SMILES string of the molecule is CCCC1(CN2CCC3(CCC(CN4CCN(C)CC4)CC3)CC2)CC1. The molecule has 2 saturated carbocycles. The molecule has 0 bridgehead atoms. The highest BCUT2D eigenvalue weighted by molar-refractivity contribution is 4.97. The second-order valence-electron chi connectivity index (χ2n) is 10.6. The Morgan fingerprint density at radius 2 is 1.42 bits per heavy atom. The van der Waals surface area contributed by atoms with E-state index in [4.69, 9.17) is 0 Å². The van der Waals surface area contributed by atoms with E-state index >= 15 is 0 Å². The van der Waals surface area contributed by atoms with Gasteiger partial charge in [0.25, 0.3) is 0 Å². The van der Waals surface area contributed by atoms with E-state index in [1.807, 2.05) is 0 Å². The van der Waals surface area contributed by atoms with Gasteiger partial charge in [0.2, 0.25) is 0 Å². The number of hydrogen-bond donors (Lipinski definition) is 0. The minimum atomic E-state index is 0.733. The van der Waals surface area contributed by atoms with E-state index in [9.17, 15) is 0 Å². The summed E-state index contributed by atoms with van der Waals surface area (Å²) in [5.74, 6) is 0.987. The molecule has 0 radical (unpaired) electrons. The Balaban J connectivity index is 1.18. The van der Waals surface area contributed by atoms with Gasteiger partial charge in [0, 0.05) is 39.3 Å². The first-order chi connectivity index (χ1) is 12.6. The maximum absolute atomic E-state index is 2.84. The molecule has 0 unspecified atom stereocenters. The lowest BCUT2D eigenvalue weighted by atomic mass is 9.65. The van der Waals surface area contributed by atoms with Crippen molar-refractivity contribution in [1.82, 2.24) is 14.7 Å². The third kappa shape index (κ3) is 4.64. The summed E-state index contributed by atoms with van der Waals surface area (Å²) in [4.78, 5) is 8.06. The highest BCUT2D eigenvalue weighted by Gasteiger charge is 2.45. The Morgan fingerprint density at radius 1 is 0.769 bits per heavy atom. The first-order valence-corrected chi connectivity index (χ1v) is 11.7. The minimum Gasteiger partial charge on any atom is -0.304 e. The van der Waals surface area contributed by atoms with Gasteiger partial charge in [0.15, 0.2) is 0 Å². The Bertz CT molecular complexity index is 432. The lowest BCUT2D eigenvalue weighted by molar-refractivity contribution is 0.0326. The quantitative estimate of drug-likeness (QED) is 0.705. The molecule has 1 spiro atoms. The van der Waals surface area contributed by atoms with Crippen molar-refractivity contribution in [2.24, 2.45) is 16.7 Å². The standard InChI is InChI=1S/C23H43N3/c1-3-6-23(9-10-23)20-26-13-11-22(12-14-26)7-4-21(5-8-22)19-25-17-15-24(2)16-18-25/h21H,3-20H2,1-2H3. The normalized spacial score (nSPS) is 30.7. The van der Waals surface area contributed by atoms with Gasteiger partial charge in [0.05, 0.1) is 0 Å². The van der Waals surface area contributed by atoms with Crippen LogP contribution >= 0.6 is 0 Å². The predicted octanol–water partition coefficient (Wildman–Crippen LogP) is 4.09. The van der Waals surface area contributed by atoms with E-state index in [-0.39, 0.29) is 0 Å². The van der Waals surface area contributed by atoms with Gasteiger partial charge in [-0.3, -0.25) is 0 Å². The van der Waals surface area contributed by atoms with Crippen LogP contribution in [0, 0.1) is 16.7 Å². The van der Waals surface area contributed by atoms with E-state index in [0.717, 1.165) is 16.7 Å². The van der Waals surface area contributed by atoms with Crippen LogP contribution in [0.2, 0.25) is 0 Å². The minimum absolute atomic E-state index is 0.733. The van der Waals surface area contributed by atoms with Crippen LogP contribution in [0.4, 0.5) is 0 Å². The highest BCUT2D eigenvalue weighted by Crippen LogP contribution is 2.52. The molecule has 2 aliphatic heterocycles. The molecule has 3 heteroatoms. The van der Waals surface area contributed by atoms with E-state index in [0.29, 0.717) is 0 Å². The molecule has 0 aromatic rings. The average molecular weight is 362 g/mol. The van der Waals surface area contributed by atoms with Gasteiger partial charge < -0.3 is 14.7 Å². The summed E-state index contributed by atoms with van der Waals surface area (Å²) < 4.78 is 0. The first-order valence-electron chi connectivity index (χ1n) is 11.7. The monoisotopic (exact) mass is 361 g/mol. The van der Waals surface area contributed by atoms with Crippen molar-refractivity contribution in [1.29, 1.82) is 0 Å². The van der Waals surface area contributed by atoms with Crippen molar-refractivity contribution in [3.05, 3.63) is 0 Å². The number of rotatable bonds is 6. The maximum Gasteiger partial charge on any atom is 0.0110 e. The number of likely N-dealkylation sites (N-methyl/N-ethyl adjacent to an activating group) is 1. The number of likely N-dealkylation sites (tertiary alicyclic amines) is 1. The van der Waals surface area contributed by atoms with Crippen LogP contribution in [0.15, 0.2) is 0 Å². The number of piperidine rings is 1. The molecule has 0 amide bonds. The van der Waals surface area contributed by atoms with Crippen molar-refractivity contribution in [3.8, 4) is 0 Å². The van der Waals surface area contributed by atoms with Crippen LogP contribution in [0.3, 0.4) is 0 Å². The Kier molecular flexibility index (Phi) is 5.98. The molecule has 150 valence electrons. The second kappa shape index (κ2) is 8.09. The summed E-state index contributed by atoms with van der Waals surface area (Å²) in [6.45, 7) is 13.1. The summed E-state index contributed by atoms with van der Waals surface area (Å²) in [6.07, 6.45) is 14.9. The Morgan fingerprint density at radius 3 is 2.00 bits per heavy atom. The molecular weight excluding hydrogens is 318 g/mol. The molecule has 4 rings (SSSR count). The topological polar surface area (TPSA) is 9.72 Å². The zero-order valence-electron chi connectivity index (χ0n) is 17.6. The zero-order chi connectivity index (χ0) is 18.0. The lowest BCUT2D eigenvalue weighted by Gasteiger charge is -2.47. The van der Waals surface area contributed by atoms with Crippen molar-refractivity contribution < 1.29 is 0 Å². The molecule has 4 aliphatic rings. The number of nitrogens with zero attached hydrogens (tertiary/aromatic N) is 3. The van der Waals surface area contributed by atoms with Crippen LogP contribution in [0.5, 0.6) is 0 Å².